The van der Waals surface area contributed by atoms with Gasteiger partial charge in [-0.3, -0.25) is 0 Å². The predicted octanol–water partition coefficient (Wildman–Crippen LogP) is 8.52. The number of rotatable bonds is 9. The van der Waals surface area contributed by atoms with Crippen molar-refractivity contribution >= 4 is 0 Å². The van der Waals surface area contributed by atoms with Gasteiger partial charge in [0, 0.05) is 5.56 Å². The maximum atomic E-state index is 14.0. The lowest BCUT2D eigenvalue weighted by Gasteiger charge is -2.31. The largest absolute Gasteiger partial charge is 0.460 e. The fraction of sp³-hybridized carbons (Fsp3) is 0.652. The average Bonchev–Trinajstić information content (AvgIpc) is 3.30. The number of hydrogen-bond acceptors (Lipinski definition) is 3. The van der Waals surface area contributed by atoms with E-state index >= 15 is 0 Å². The Morgan fingerprint density at radius 3 is 1.97 bits per heavy atom. The van der Waals surface area contributed by atoms with Crippen molar-refractivity contribution < 1.29 is 44.0 Å². The van der Waals surface area contributed by atoms with Crippen molar-refractivity contribution in [1.29, 1.82) is 0 Å². The van der Waals surface area contributed by atoms with Gasteiger partial charge in [-0.05, 0) is 43.1 Å². The molecule has 12 heteroatoms. The van der Waals surface area contributed by atoms with E-state index in [4.69, 9.17) is 0 Å². The molecule has 0 radical (unpaired) electrons. The lowest BCUT2D eigenvalue weighted by molar-refractivity contribution is -0.402. The van der Waals surface area contributed by atoms with Crippen molar-refractivity contribution in [3.8, 4) is 11.4 Å². The minimum Gasteiger partial charge on any atom is -0.332 e. The fourth-order valence-corrected chi connectivity index (χ4v) is 4.35. The van der Waals surface area contributed by atoms with E-state index < -0.39 is 35.7 Å². The normalized spacial score (nSPS) is 20.3. The molecule has 0 aliphatic heterocycles. The molecule has 0 unspecified atom stereocenters. The third-order valence-electron chi connectivity index (χ3n) is 6.54. The van der Waals surface area contributed by atoms with Gasteiger partial charge in [0.15, 0.2) is 0 Å². The van der Waals surface area contributed by atoms with E-state index in [1.807, 2.05) is 0 Å². The summed E-state index contributed by atoms with van der Waals surface area (Å²) in [5.74, 6) is -22.0. The topological polar surface area (TPSA) is 38.9 Å². The molecule has 0 N–H and O–H groups in total. The molecule has 0 saturated heterocycles. The summed E-state index contributed by atoms with van der Waals surface area (Å²) in [6, 6.07) is 6.24. The number of halogens is 9. The lowest BCUT2D eigenvalue weighted by atomic mass is 9.77. The second-order valence-electron chi connectivity index (χ2n) is 8.98. The Balaban J connectivity index is 1.70. The molecule has 0 amide bonds. The molecule has 3 nitrogen and oxygen atoms in total. The van der Waals surface area contributed by atoms with Gasteiger partial charge in [0.2, 0.25) is 5.82 Å². The average molecular weight is 516 g/mol. The molecule has 0 bridgehead atoms. The molecule has 0 atom stereocenters. The van der Waals surface area contributed by atoms with Crippen molar-refractivity contribution in [2.45, 2.75) is 88.2 Å². The molecular formula is C23H25F9N2O. The molecular weight excluding hydrogens is 491 g/mol. The standard InChI is InChI=1S/C23H25F9N2O/c1-2-3-4-5-14-6-8-15(9-7-14)16-10-12-17(13-11-16)18-33-19(35-34-18)20(24,25)21(26,27)22(28,29)23(30,31)32/h10-15H,2-9H2,1H3. The number of hydrogen-bond donors (Lipinski definition) is 0. The van der Waals surface area contributed by atoms with E-state index in [1.165, 1.54) is 37.8 Å². The molecule has 1 saturated carbocycles. The zero-order chi connectivity index (χ0) is 26.1. The molecule has 1 heterocycles. The van der Waals surface area contributed by atoms with Gasteiger partial charge in [0.05, 0.1) is 0 Å². The Kier molecular flexibility index (Phi) is 7.81. The van der Waals surface area contributed by atoms with Crippen LogP contribution in [0.4, 0.5) is 39.5 Å². The molecule has 1 aromatic carbocycles. The highest BCUT2D eigenvalue weighted by molar-refractivity contribution is 5.55. The van der Waals surface area contributed by atoms with Gasteiger partial charge < -0.3 is 4.52 Å². The Bertz CT molecular complexity index is 962. The summed E-state index contributed by atoms with van der Waals surface area (Å²) in [6.45, 7) is 2.16. The van der Waals surface area contributed by atoms with E-state index in [9.17, 15) is 39.5 Å². The van der Waals surface area contributed by atoms with Gasteiger partial charge in [0.1, 0.15) is 0 Å². The third-order valence-corrected chi connectivity index (χ3v) is 6.54. The minimum absolute atomic E-state index is 0.0544. The van der Waals surface area contributed by atoms with Crippen LogP contribution in [0.5, 0.6) is 0 Å². The van der Waals surface area contributed by atoms with Crippen molar-refractivity contribution in [2.75, 3.05) is 0 Å². The quantitative estimate of drug-likeness (QED) is 0.248. The van der Waals surface area contributed by atoms with Crippen LogP contribution in [0.2, 0.25) is 0 Å². The van der Waals surface area contributed by atoms with Crippen LogP contribution in [-0.4, -0.2) is 28.2 Å². The summed E-state index contributed by atoms with van der Waals surface area (Å²) in [6.07, 6.45) is 2.04. The molecule has 1 aliphatic rings. The molecule has 1 aliphatic carbocycles. The number of aromatic nitrogens is 2. The summed E-state index contributed by atoms with van der Waals surface area (Å²) >= 11 is 0. The Hall–Kier alpha value is -2.27. The van der Waals surface area contributed by atoms with Crippen LogP contribution in [-0.2, 0) is 5.92 Å². The van der Waals surface area contributed by atoms with Crippen molar-refractivity contribution in [2.24, 2.45) is 5.92 Å². The van der Waals surface area contributed by atoms with Crippen LogP contribution in [0.3, 0.4) is 0 Å². The van der Waals surface area contributed by atoms with Crippen LogP contribution in [0.1, 0.15) is 75.7 Å². The molecule has 35 heavy (non-hydrogen) atoms. The van der Waals surface area contributed by atoms with E-state index in [-0.39, 0.29) is 5.56 Å². The first kappa shape index (κ1) is 27.3. The van der Waals surface area contributed by atoms with Crippen LogP contribution < -0.4 is 0 Å². The Morgan fingerprint density at radius 1 is 0.829 bits per heavy atom. The van der Waals surface area contributed by atoms with Gasteiger partial charge in [0.25, 0.3) is 0 Å². The van der Waals surface area contributed by atoms with Gasteiger partial charge in [-0.2, -0.15) is 44.5 Å². The van der Waals surface area contributed by atoms with Crippen molar-refractivity contribution in [3.05, 3.63) is 35.7 Å². The fourth-order valence-electron chi connectivity index (χ4n) is 4.35. The molecule has 3 rings (SSSR count). The first-order valence-electron chi connectivity index (χ1n) is 11.4. The molecule has 1 fully saturated rings. The summed E-state index contributed by atoms with van der Waals surface area (Å²) in [5, 5.41) is 3.07. The SMILES string of the molecule is CCCCCC1CCC(c2ccc(-c3noc(C(F)(F)C(F)(F)C(F)(F)C(F)(F)F)n3)cc2)CC1. The second-order valence-corrected chi connectivity index (χ2v) is 8.98. The monoisotopic (exact) mass is 516 g/mol. The molecule has 196 valence electrons. The number of nitrogens with zero attached hydrogens (tertiary/aromatic N) is 2. The third kappa shape index (κ3) is 5.30. The zero-order valence-corrected chi connectivity index (χ0v) is 18.8. The van der Waals surface area contributed by atoms with Crippen molar-refractivity contribution in [1.82, 2.24) is 10.1 Å². The van der Waals surface area contributed by atoms with Crippen LogP contribution >= 0.6 is 0 Å². The van der Waals surface area contributed by atoms with Crippen LogP contribution in [0.25, 0.3) is 11.4 Å². The highest BCUT2D eigenvalue weighted by Crippen LogP contribution is 2.56. The van der Waals surface area contributed by atoms with Gasteiger partial charge in [-0.25, -0.2) is 0 Å². The van der Waals surface area contributed by atoms with Gasteiger partial charge in [-0.15, -0.1) is 0 Å². The Labute approximate surface area is 196 Å². The molecule has 1 aromatic heterocycles. The van der Waals surface area contributed by atoms with Crippen LogP contribution in [0, 0.1) is 5.92 Å². The minimum atomic E-state index is -7.03. The number of alkyl halides is 9. The summed E-state index contributed by atoms with van der Waals surface area (Å²) < 4.78 is 122. The van der Waals surface area contributed by atoms with E-state index in [1.54, 1.807) is 12.1 Å². The first-order valence-corrected chi connectivity index (χ1v) is 11.4. The number of benzene rings is 1. The van der Waals surface area contributed by atoms with E-state index in [0.29, 0.717) is 11.8 Å². The highest BCUT2D eigenvalue weighted by Gasteiger charge is 2.83. The summed E-state index contributed by atoms with van der Waals surface area (Å²) in [4.78, 5) is 2.99. The lowest BCUT2D eigenvalue weighted by Crippen LogP contribution is -2.59. The van der Waals surface area contributed by atoms with Gasteiger partial charge in [-0.1, -0.05) is 62.0 Å². The van der Waals surface area contributed by atoms with Gasteiger partial charge >= 0.3 is 29.8 Å². The Morgan fingerprint density at radius 2 is 1.43 bits per heavy atom. The maximum Gasteiger partial charge on any atom is 0.460 e. The van der Waals surface area contributed by atoms with Crippen LogP contribution in [0.15, 0.2) is 28.8 Å². The first-order chi connectivity index (χ1) is 16.2. The van der Waals surface area contributed by atoms with Crippen molar-refractivity contribution in [3.63, 3.8) is 0 Å². The van der Waals surface area contributed by atoms with E-state index in [0.717, 1.165) is 31.2 Å². The van der Waals surface area contributed by atoms with E-state index in [2.05, 4.69) is 21.6 Å². The summed E-state index contributed by atoms with van der Waals surface area (Å²) in [5.41, 5.74) is 1.03. The smallest absolute Gasteiger partial charge is 0.332 e. The second kappa shape index (κ2) is 10.0. The predicted molar refractivity (Wildman–Crippen MR) is 108 cm³/mol. The maximum absolute atomic E-state index is 14.0. The molecule has 2 aromatic rings. The molecule has 0 spiro atoms. The summed E-state index contributed by atoms with van der Waals surface area (Å²) in [7, 11) is 0. The number of unbranched alkanes of at least 4 members (excludes halogenated alkanes) is 2. The zero-order valence-electron chi connectivity index (χ0n) is 18.8. The highest BCUT2D eigenvalue weighted by atomic mass is 19.4.